The van der Waals surface area contributed by atoms with E-state index in [0.29, 0.717) is 5.54 Å². The molecule has 0 aromatic rings. The lowest BCUT2D eigenvalue weighted by Gasteiger charge is -2.46. The summed E-state index contributed by atoms with van der Waals surface area (Å²) in [6, 6.07) is 0.991. The molecule has 1 aliphatic heterocycles. The molecule has 1 nitrogen and oxygen atoms in total. The van der Waals surface area contributed by atoms with Crippen LogP contribution in [0.3, 0.4) is 0 Å². The zero-order valence-corrected chi connectivity index (χ0v) is 8.76. The third-order valence-electron chi connectivity index (χ3n) is 4.76. The van der Waals surface area contributed by atoms with Crippen LogP contribution >= 0.6 is 0 Å². The Hall–Kier alpha value is -0.0400. The van der Waals surface area contributed by atoms with E-state index in [-0.39, 0.29) is 0 Å². The summed E-state index contributed by atoms with van der Waals surface area (Å²) >= 11 is 0. The van der Waals surface area contributed by atoms with E-state index in [1.54, 1.807) is 0 Å². The summed E-state index contributed by atoms with van der Waals surface area (Å²) in [5.74, 6) is 1.01. The molecule has 1 unspecified atom stereocenters. The van der Waals surface area contributed by atoms with Gasteiger partial charge in [-0.25, -0.2) is 0 Å². The van der Waals surface area contributed by atoms with Crippen molar-refractivity contribution in [1.82, 2.24) is 4.90 Å². The predicted molar refractivity (Wildman–Crippen MR) is 54.7 cm³/mol. The topological polar surface area (TPSA) is 3.24 Å². The van der Waals surface area contributed by atoms with Crippen LogP contribution in [0.2, 0.25) is 0 Å². The van der Waals surface area contributed by atoms with Crippen molar-refractivity contribution < 1.29 is 0 Å². The van der Waals surface area contributed by atoms with Crippen molar-refractivity contribution in [2.75, 3.05) is 6.54 Å². The van der Waals surface area contributed by atoms with Gasteiger partial charge in [-0.3, -0.25) is 4.90 Å². The fourth-order valence-corrected chi connectivity index (χ4v) is 3.54. The molecular formula is C12H21N. The van der Waals surface area contributed by atoms with Gasteiger partial charge in [0.25, 0.3) is 0 Å². The maximum atomic E-state index is 2.89. The molecule has 3 rings (SSSR count). The van der Waals surface area contributed by atoms with Gasteiger partial charge >= 0.3 is 0 Å². The summed E-state index contributed by atoms with van der Waals surface area (Å²) in [6.45, 7) is 3.87. The predicted octanol–water partition coefficient (Wildman–Crippen LogP) is 2.80. The van der Waals surface area contributed by atoms with E-state index in [9.17, 15) is 0 Å². The molecule has 1 spiro atoms. The molecule has 2 aliphatic carbocycles. The third-order valence-corrected chi connectivity index (χ3v) is 4.76. The van der Waals surface area contributed by atoms with Crippen molar-refractivity contribution in [3.63, 3.8) is 0 Å². The monoisotopic (exact) mass is 179 g/mol. The quantitative estimate of drug-likeness (QED) is 0.598. The first-order valence-corrected chi connectivity index (χ1v) is 6.10. The highest BCUT2D eigenvalue weighted by molar-refractivity contribution is 5.12. The normalized spacial score (nSPS) is 46.4. The average molecular weight is 179 g/mol. The Morgan fingerprint density at radius 2 is 1.92 bits per heavy atom. The fourth-order valence-electron chi connectivity index (χ4n) is 3.54. The SMILES string of the molecule is C[C@@H]1CC12CCCCN2C1CCC1. The fraction of sp³-hybridized carbons (Fsp3) is 1.00. The number of rotatable bonds is 1. The lowest BCUT2D eigenvalue weighted by atomic mass is 9.86. The first-order valence-electron chi connectivity index (χ1n) is 6.10. The molecular weight excluding hydrogens is 158 g/mol. The first-order chi connectivity index (χ1) is 6.33. The third kappa shape index (κ3) is 1.09. The van der Waals surface area contributed by atoms with E-state index >= 15 is 0 Å². The van der Waals surface area contributed by atoms with Gasteiger partial charge in [0.15, 0.2) is 0 Å². The standard InChI is InChI=1S/C12H21N/c1-10-9-12(10)7-2-3-8-13(12)11-5-4-6-11/h10-11H,2-9H2,1H3/t10-,12?/m1/s1. The van der Waals surface area contributed by atoms with E-state index in [1.807, 2.05) is 0 Å². The molecule has 0 bridgehead atoms. The first kappa shape index (κ1) is 8.28. The van der Waals surface area contributed by atoms with Gasteiger partial charge in [-0.2, -0.15) is 0 Å². The number of piperidine rings is 1. The summed E-state index contributed by atoms with van der Waals surface area (Å²) in [7, 11) is 0. The Morgan fingerprint density at radius 1 is 1.15 bits per heavy atom. The van der Waals surface area contributed by atoms with Crippen LogP contribution in [0, 0.1) is 5.92 Å². The molecule has 3 fully saturated rings. The summed E-state index contributed by atoms with van der Waals surface area (Å²) in [4.78, 5) is 2.89. The van der Waals surface area contributed by atoms with E-state index in [4.69, 9.17) is 0 Å². The molecule has 0 aromatic carbocycles. The van der Waals surface area contributed by atoms with Gasteiger partial charge in [-0.15, -0.1) is 0 Å². The lowest BCUT2D eigenvalue weighted by Crippen LogP contribution is -2.51. The molecule has 2 saturated carbocycles. The van der Waals surface area contributed by atoms with Gasteiger partial charge in [0.1, 0.15) is 0 Å². The summed E-state index contributed by atoms with van der Waals surface area (Å²) in [6.07, 6.45) is 10.4. The van der Waals surface area contributed by atoms with E-state index < -0.39 is 0 Å². The molecule has 0 radical (unpaired) electrons. The molecule has 74 valence electrons. The molecule has 1 heteroatoms. The van der Waals surface area contributed by atoms with Crippen molar-refractivity contribution in [2.45, 2.75) is 63.5 Å². The summed E-state index contributed by atoms with van der Waals surface area (Å²) in [5.41, 5.74) is 0.712. The summed E-state index contributed by atoms with van der Waals surface area (Å²) in [5, 5.41) is 0. The van der Waals surface area contributed by atoms with Crippen molar-refractivity contribution >= 4 is 0 Å². The minimum Gasteiger partial charge on any atom is -0.294 e. The van der Waals surface area contributed by atoms with Crippen LogP contribution in [-0.4, -0.2) is 23.0 Å². The minimum atomic E-state index is 0.712. The van der Waals surface area contributed by atoms with Gasteiger partial charge in [0, 0.05) is 11.6 Å². The van der Waals surface area contributed by atoms with Gasteiger partial charge in [0.05, 0.1) is 0 Å². The van der Waals surface area contributed by atoms with Crippen LogP contribution < -0.4 is 0 Å². The highest BCUT2D eigenvalue weighted by Crippen LogP contribution is 2.55. The zero-order chi connectivity index (χ0) is 8.89. The molecule has 0 amide bonds. The molecule has 2 atom stereocenters. The second-order valence-electron chi connectivity index (χ2n) is 5.44. The van der Waals surface area contributed by atoms with Gasteiger partial charge < -0.3 is 0 Å². The smallest absolute Gasteiger partial charge is 0.0241 e. The number of nitrogens with zero attached hydrogens (tertiary/aromatic N) is 1. The van der Waals surface area contributed by atoms with Crippen LogP contribution in [0.25, 0.3) is 0 Å². The molecule has 3 aliphatic rings. The average Bonchev–Trinajstić information content (AvgIpc) is 2.65. The van der Waals surface area contributed by atoms with E-state index in [0.717, 1.165) is 12.0 Å². The number of likely N-dealkylation sites (tertiary alicyclic amines) is 1. The van der Waals surface area contributed by atoms with E-state index in [2.05, 4.69) is 11.8 Å². The number of hydrogen-bond acceptors (Lipinski definition) is 1. The maximum absolute atomic E-state index is 2.89. The Kier molecular flexibility index (Phi) is 1.74. The largest absolute Gasteiger partial charge is 0.294 e. The zero-order valence-electron chi connectivity index (χ0n) is 8.76. The van der Waals surface area contributed by atoms with E-state index in [1.165, 1.54) is 51.5 Å². The summed E-state index contributed by atoms with van der Waals surface area (Å²) < 4.78 is 0. The van der Waals surface area contributed by atoms with Gasteiger partial charge in [0.2, 0.25) is 0 Å². The molecule has 0 N–H and O–H groups in total. The van der Waals surface area contributed by atoms with Gasteiger partial charge in [-0.1, -0.05) is 19.8 Å². The number of hydrogen-bond donors (Lipinski definition) is 0. The Labute approximate surface area is 81.5 Å². The Morgan fingerprint density at radius 3 is 2.46 bits per heavy atom. The van der Waals surface area contributed by atoms with Crippen molar-refractivity contribution in [3.05, 3.63) is 0 Å². The van der Waals surface area contributed by atoms with Crippen LogP contribution in [0.1, 0.15) is 51.9 Å². The second-order valence-corrected chi connectivity index (χ2v) is 5.44. The van der Waals surface area contributed by atoms with Crippen molar-refractivity contribution in [3.8, 4) is 0 Å². The van der Waals surface area contributed by atoms with Crippen molar-refractivity contribution in [1.29, 1.82) is 0 Å². The lowest BCUT2D eigenvalue weighted by molar-refractivity contribution is 0.0300. The maximum Gasteiger partial charge on any atom is 0.0241 e. The molecule has 0 aromatic heterocycles. The minimum absolute atomic E-state index is 0.712. The Balaban J connectivity index is 1.75. The molecule has 1 heterocycles. The Bertz CT molecular complexity index is 209. The van der Waals surface area contributed by atoms with Crippen LogP contribution in [0.5, 0.6) is 0 Å². The highest BCUT2D eigenvalue weighted by Gasteiger charge is 2.57. The second kappa shape index (κ2) is 2.73. The van der Waals surface area contributed by atoms with Crippen LogP contribution in [-0.2, 0) is 0 Å². The van der Waals surface area contributed by atoms with Crippen LogP contribution in [0.15, 0.2) is 0 Å². The highest BCUT2D eigenvalue weighted by atomic mass is 15.3. The van der Waals surface area contributed by atoms with Crippen molar-refractivity contribution in [2.24, 2.45) is 5.92 Å². The molecule has 13 heavy (non-hydrogen) atoms. The van der Waals surface area contributed by atoms with Gasteiger partial charge in [-0.05, 0) is 44.6 Å². The molecule has 1 saturated heterocycles. The van der Waals surface area contributed by atoms with Crippen LogP contribution in [0.4, 0.5) is 0 Å².